The number of carboxylic acids is 2. The van der Waals surface area contributed by atoms with Gasteiger partial charge in [0.25, 0.3) is 5.56 Å². The third-order valence-corrected chi connectivity index (χ3v) is 7.70. The van der Waals surface area contributed by atoms with E-state index in [4.69, 9.17) is 24.5 Å². The molecular formula is C31H36N4O8S. The van der Waals surface area contributed by atoms with Gasteiger partial charge in [0.15, 0.2) is 5.78 Å². The fourth-order valence-corrected chi connectivity index (χ4v) is 4.88. The number of rotatable bonds is 10. The van der Waals surface area contributed by atoms with Crippen LogP contribution >= 0.6 is 11.8 Å². The van der Waals surface area contributed by atoms with Crippen LogP contribution in [0.25, 0.3) is 6.08 Å². The number of hydrogen-bond donors (Lipinski definition) is 2. The molecule has 0 unspecified atom stereocenters. The first-order valence-corrected chi connectivity index (χ1v) is 15.0. The van der Waals surface area contributed by atoms with Crippen LogP contribution in [0.4, 0.5) is 5.82 Å². The van der Waals surface area contributed by atoms with Crippen LogP contribution in [0.15, 0.2) is 75.2 Å². The van der Waals surface area contributed by atoms with Crippen molar-refractivity contribution in [2.75, 3.05) is 50.5 Å². The van der Waals surface area contributed by atoms with E-state index in [9.17, 15) is 14.4 Å². The van der Waals surface area contributed by atoms with Gasteiger partial charge in [-0.2, -0.15) is 0 Å². The third-order valence-electron chi connectivity index (χ3n) is 6.95. The molecule has 12 nitrogen and oxygen atoms in total. The van der Waals surface area contributed by atoms with Crippen molar-refractivity contribution in [1.82, 2.24) is 14.0 Å². The second kappa shape index (κ2) is 16.3. The second-order valence-electron chi connectivity index (χ2n) is 9.85. The molecule has 13 heteroatoms. The molecule has 4 rings (SSSR count). The maximum absolute atomic E-state index is 12.8. The molecular weight excluding hydrogens is 588 g/mol. The first-order valence-electron chi connectivity index (χ1n) is 13.8. The number of aromatic nitrogens is 2. The van der Waals surface area contributed by atoms with Crippen molar-refractivity contribution in [2.45, 2.75) is 11.3 Å². The van der Waals surface area contributed by atoms with Gasteiger partial charge in [-0.25, -0.2) is 14.4 Å². The number of carbonyl (C=O) groups is 3. The molecule has 0 spiro atoms. The van der Waals surface area contributed by atoms with Gasteiger partial charge in [0.2, 0.25) is 0 Å². The average Bonchev–Trinajstić information content (AvgIpc) is 3.03. The van der Waals surface area contributed by atoms with Crippen molar-refractivity contribution in [2.24, 2.45) is 14.1 Å². The number of para-hydroxylation sites is 1. The molecule has 1 saturated heterocycles. The van der Waals surface area contributed by atoms with Crippen LogP contribution in [-0.2, 0) is 23.7 Å². The highest BCUT2D eigenvalue weighted by atomic mass is 32.2. The Morgan fingerprint density at radius 2 is 1.55 bits per heavy atom. The summed E-state index contributed by atoms with van der Waals surface area (Å²) in [6.45, 7) is 4.53. The highest BCUT2D eigenvalue weighted by Crippen LogP contribution is 2.21. The first kappa shape index (κ1) is 33.9. The fourth-order valence-electron chi connectivity index (χ4n) is 4.47. The number of carboxylic acid groups (broad SMARTS) is 2. The molecule has 44 heavy (non-hydrogen) atoms. The minimum absolute atomic E-state index is 0.0872. The number of thioether (sulfide) groups is 1. The van der Waals surface area contributed by atoms with Crippen molar-refractivity contribution >= 4 is 41.4 Å². The predicted molar refractivity (Wildman–Crippen MR) is 169 cm³/mol. The number of allylic oxidation sites excluding steroid dienone is 1. The number of anilines is 1. The van der Waals surface area contributed by atoms with Crippen LogP contribution in [0.2, 0.25) is 0 Å². The van der Waals surface area contributed by atoms with Gasteiger partial charge in [-0.1, -0.05) is 30.3 Å². The largest absolute Gasteiger partial charge is 0.493 e. The highest BCUT2D eigenvalue weighted by Gasteiger charge is 2.20. The summed E-state index contributed by atoms with van der Waals surface area (Å²) in [4.78, 5) is 61.0. The highest BCUT2D eigenvalue weighted by molar-refractivity contribution is 7.98. The molecule has 0 radical (unpaired) electrons. The maximum atomic E-state index is 12.8. The molecule has 3 aromatic rings. The standard InChI is InChI=1S/C29H34N4O4S.C2H2O4/c1-30-27(21-28(35)31(2)29(30)36)33-18-16-32(17-19-33)15-6-20-37-26-8-5-4-7-24(26)25(34)14-11-22-9-12-23(38-3)13-10-22;3-1(4)2(5)6/h4-5,7-14,21H,6,15-20H2,1-3H3;(H,3,4)(H,5,6)/b14-11+;. The van der Waals surface area contributed by atoms with E-state index in [2.05, 4.69) is 9.80 Å². The van der Waals surface area contributed by atoms with Gasteiger partial charge in [0.1, 0.15) is 11.6 Å². The molecule has 1 aliphatic rings. The monoisotopic (exact) mass is 624 g/mol. The Bertz CT molecular complexity index is 1590. The summed E-state index contributed by atoms with van der Waals surface area (Å²) >= 11 is 1.68. The maximum Gasteiger partial charge on any atom is 0.414 e. The topological polar surface area (TPSA) is 151 Å². The summed E-state index contributed by atoms with van der Waals surface area (Å²) in [5.74, 6) is -2.48. The summed E-state index contributed by atoms with van der Waals surface area (Å²) < 4.78 is 8.65. The molecule has 1 aromatic heterocycles. The van der Waals surface area contributed by atoms with Gasteiger partial charge in [0, 0.05) is 57.8 Å². The van der Waals surface area contributed by atoms with Crippen LogP contribution < -0.4 is 20.9 Å². The second-order valence-corrected chi connectivity index (χ2v) is 10.7. The molecule has 2 N–H and O–H groups in total. The van der Waals surface area contributed by atoms with Crippen LogP contribution in [0, 0.1) is 0 Å². The Morgan fingerprint density at radius 1 is 0.909 bits per heavy atom. The Hall–Kier alpha value is -4.62. The van der Waals surface area contributed by atoms with Crippen LogP contribution in [0.5, 0.6) is 5.75 Å². The zero-order valence-electron chi connectivity index (χ0n) is 24.8. The summed E-state index contributed by atoms with van der Waals surface area (Å²) in [5.41, 5.74) is 0.928. The van der Waals surface area contributed by atoms with E-state index >= 15 is 0 Å². The molecule has 0 saturated carbocycles. The van der Waals surface area contributed by atoms with E-state index in [0.717, 1.165) is 49.3 Å². The molecule has 1 fully saturated rings. The van der Waals surface area contributed by atoms with Crippen molar-refractivity contribution in [1.29, 1.82) is 0 Å². The fraction of sp³-hybridized carbons (Fsp3) is 0.323. The molecule has 234 valence electrons. The Labute approximate surface area is 258 Å². The quantitative estimate of drug-likeness (QED) is 0.113. The van der Waals surface area contributed by atoms with Crippen molar-refractivity contribution in [3.8, 4) is 5.75 Å². The lowest BCUT2D eigenvalue weighted by atomic mass is 10.1. The molecule has 2 aromatic carbocycles. The number of aliphatic carboxylic acids is 2. The van der Waals surface area contributed by atoms with Crippen molar-refractivity contribution in [3.05, 3.63) is 92.6 Å². The van der Waals surface area contributed by atoms with Gasteiger partial charge in [-0.15, -0.1) is 11.8 Å². The lowest BCUT2D eigenvalue weighted by Crippen LogP contribution is -2.49. The van der Waals surface area contributed by atoms with Gasteiger partial charge in [-0.3, -0.25) is 23.6 Å². The Morgan fingerprint density at radius 3 is 2.16 bits per heavy atom. The smallest absolute Gasteiger partial charge is 0.414 e. The van der Waals surface area contributed by atoms with Crippen molar-refractivity contribution in [3.63, 3.8) is 0 Å². The SMILES string of the molecule is CSc1ccc(/C=C/C(=O)c2ccccc2OCCCN2CCN(c3cc(=O)n(C)c(=O)n3C)CC2)cc1.O=C(O)C(=O)O. The molecule has 1 aliphatic heterocycles. The molecule has 0 amide bonds. The number of hydrogen-bond acceptors (Lipinski definition) is 9. The molecule has 0 bridgehead atoms. The Kier molecular flexibility index (Phi) is 12.5. The van der Waals surface area contributed by atoms with Gasteiger partial charge >= 0.3 is 17.6 Å². The predicted octanol–water partition coefficient (Wildman–Crippen LogP) is 2.45. The summed E-state index contributed by atoms with van der Waals surface area (Å²) in [7, 11) is 3.19. The number of carbonyl (C=O) groups excluding carboxylic acids is 1. The van der Waals surface area contributed by atoms with E-state index in [1.807, 2.05) is 54.8 Å². The lowest BCUT2D eigenvalue weighted by Gasteiger charge is -2.36. The van der Waals surface area contributed by atoms with Gasteiger partial charge in [0.05, 0.1) is 12.2 Å². The lowest BCUT2D eigenvalue weighted by molar-refractivity contribution is -0.159. The number of piperazine rings is 1. The molecule has 0 atom stereocenters. The van der Waals surface area contributed by atoms with Gasteiger partial charge in [-0.05, 0) is 48.6 Å². The molecule has 0 aliphatic carbocycles. The van der Waals surface area contributed by atoms with Crippen LogP contribution in [0.1, 0.15) is 22.3 Å². The van der Waals surface area contributed by atoms with E-state index in [0.29, 0.717) is 23.7 Å². The van der Waals surface area contributed by atoms with Gasteiger partial charge < -0.3 is 19.8 Å². The number of ether oxygens (including phenoxy) is 1. The minimum atomic E-state index is -1.82. The minimum Gasteiger partial charge on any atom is -0.493 e. The van der Waals surface area contributed by atoms with Crippen LogP contribution in [0.3, 0.4) is 0 Å². The normalized spacial score (nSPS) is 13.3. The number of ketones is 1. The zero-order chi connectivity index (χ0) is 32.2. The summed E-state index contributed by atoms with van der Waals surface area (Å²) in [6, 6.07) is 17.0. The summed E-state index contributed by atoms with van der Waals surface area (Å²) in [5, 5.41) is 14.8. The van der Waals surface area contributed by atoms with Crippen molar-refractivity contribution < 1.29 is 29.3 Å². The van der Waals surface area contributed by atoms with E-state index in [1.165, 1.54) is 22.6 Å². The third kappa shape index (κ3) is 9.44. The molecule has 2 heterocycles. The van der Waals surface area contributed by atoms with Crippen LogP contribution in [-0.4, -0.2) is 87.6 Å². The van der Waals surface area contributed by atoms with E-state index in [-0.39, 0.29) is 17.0 Å². The summed E-state index contributed by atoms with van der Waals surface area (Å²) in [6.07, 6.45) is 6.28. The number of benzene rings is 2. The van der Waals surface area contributed by atoms with E-state index in [1.54, 1.807) is 31.0 Å². The zero-order valence-corrected chi connectivity index (χ0v) is 25.7. The van der Waals surface area contributed by atoms with E-state index < -0.39 is 11.9 Å². The first-order chi connectivity index (χ1) is 21.0. The average molecular weight is 625 g/mol. The number of nitrogens with zero attached hydrogens (tertiary/aromatic N) is 4. The Balaban J connectivity index is 0.000000801.